The van der Waals surface area contributed by atoms with Crippen molar-refractivity contribution in [1.29, 1.82) is 5.26 Å². The Hall–Kier alpha value is -3.50. The summed E-state index contributed by atoms with van der Waals surface area (Å²) in [6.45, 7) is 1.49. The number of aromatic nitrogens is 1. The van der Waals surface area contributed by atoms with Crippen LogP contribution in [0.3, 0.4) is 0 Å². The molecule has 0 spiro atoms. The SMILES string of the molecule is C[C@@H](OC(=O)/C=C/c1nc2ccccc2s1)C(=O)Nc1ccc(C#N)cc1. The van der Waals surface area contributed by atoms with Crippen molar-refractivity contribution in [2.24, 2.45) is 0 Å². The van der Waals surface area contributed by atoms with Crippen molar-refractivity contribution in [3.8, 4) is 6.07 Å². The lowest BCUT2D eigenvalue weighted by atomic mass is 10.2. The van der Waals surface area contributed by atoms with Crippen LogP contribution in [0.1, 0.15) is 17.5 Å². The summed E-state index contributed by atoms with van der Waals surface area (Å²) in [4.78, 5) is 28.4. The van der Waals surface area contributed by atoms with E-state index >= 15 is 0 Å². The highest BCUT2D eigenvalue weighted by Crippen LogP contribution is 2.22. The number of ether oxygens (including phenoxy) is 1. The fourth-order valence-electron chi connectivity index (χ4n) is 2.24. The van der Waals surface area contributed by atoms with Crippen LogP contribution in [0.25, 0.3) is 16.3 Å². The first-order chi connectivity index (χ1) is 13.0. The number of fused-ring (bicyclic) bond motifs is 1. The zero-order chi connectivity index (χ0) is 19.2. The van der Waals surface area contributed by atoms with Gasteiger partial charge in [0, 0.05) is 11.8 Å². The van der Waals surface area contributed by atoms with E-state index in [1.807, 2.05) is 30.3 Å². The van der Waals surface area contributed by atoms with Crippen molar-refractivity contribution >= 4 is 45.2 Å². The number of amides is 1. The predicted octanol–water partition coefficient (Wildman–Crippen LogP) is 3.75. The monoisotopic (exact) mass is 377 g/mol. The van der Waals surface area contributed by atoms with Crippen LogP contribution in [0.15, 0.2) is 54.6 Å². The van der Waals surface area contributed by atoms with Gasteiger partial charge in [-0.3, -0.25) is 4.79 Å². The second-order valence-corrected chi connectivity index (χ2v) is 6.67. The average Bonchev–Trinajstić information content (AvgIpc) is 3.10. The van der Waals surface area contributed by atoms with Crippen molar-refractivity contribution in [2.75, 3.05) is 5.32 Å². The van der Waals surface area contributed by atoms with Gasteiger partial charge in [0.1, 0.15) is 5.01 Å². The van der Waals surface area contributed by atoms with Gasteiger partial charge in [0.15, 0.2) is 6.10 Å². The molecule has 0 fully saturated rings. The number of hydrogen-bond acceptors (Lipinski definition) is 6. The lowest BCUT2D eigenvalue weighted by Crippen LogP contribution is -2.29. The van der Waals surface area contributed by atoms with Crippen molar-refractivity contribution < 1.29 is 14.3 Å². The molecule has 1 aromatic heterocycles. The van der Waals surface area contributed by atoms with Crippen LogP contribution in [0.2, 0.25) is 0 Å². The van der Waals surface area contributed by atoms with Gasteiger partial charge in [-0.05, 0) is 49.4 Å². The first-order valence-electron chi connectivity index (χ1n) is 8.10. The first-order valence-corrected chi connectivity index (χ1v) is 8.92. The normalized spacial score (nSPS) is 11.9. The fraction of sp³-hybridized carbons (Fsp3) is 0.100. The Bertz CT molecular complexity index is 1020. The highest BCUT2D eigenvalue weighted by atomic mass is 32.1. The van der Waals surface area contributed by atoms with Crippen LogP contribution < -0.4 is 5.32 Å². The van der Waals surface area contributed by atoms with E-state index in [1.54, 1.807) is 30.3 Å². The maximum Gasteiger partial charge on any atom is 0.331 e. The number of anilines is 1. The maximum absolute atomic E-state index is 12.1. The third-order valence-electron chi connectivity index (χ3n) is 3.62. The predicted molar refractivity (Wildman–Crippen MR) is 104 cm³/mol. The van der Waals surface area contributed by atoms with E-state index in [9.17, 15) is 9.59 Å². The average molecular weight is 377 g/mol. The molecular weight excluding hydrogens is 362 g/mol. The molecule has 0 aliphatic carbocycles. The van der Waals surface area contributed by atoms with E-state index in [4.69, 9.17) is 10.00 Å². The van der Waals surface area contributed by atoms with E-state index in [1.165, 1.54) is 24.3 Å². The van der Waals surface area contributed by atoms with Gasteiger partial charge in [-0.2, -0.15) is 5.26 Å². The fourth-order valence-corrected chi connectivity index (χ4v) is 3.11. The van der Waals surface area contributed by atoms with E-state index < -0.39 is 18.0 Å². The standard InChI is InChI=1S/C20H15N3O3S/c1-13(20(25)22-15-8-6-14(12-21)7-9-15)26-19(24)11-10-18-23-16-4-2-3-5-17(16)27-18/h2-11,13H,1H3,(H,22,25)/b11-10+/t13-/m1/s1. The molecule has 7 heteroatoms. The summed E-state index contributed by atoms with van der Waals surface area (Å²) in [5.41, 5.74) is 1.88. The van der Waals surface area contributed by atoms with Crippen molar-refractivity contribution in [2.45, 2.75) is 13.0 Å². The molecule has 1 amide bonds. The van der Waals surface area contributed by atoms with Crippen molar-refractivity contribution in [1.82, 2.24) is 4.98 Å². The van der Waals surface area contributed by atoms with Crippen molar-refractivity contribution in [3.05, 3.63) is 65.2 Å². The Kier molecular flexibility index (Phi) is 5.59. The number of nitrogens with one attached hydrogen (secondary N) is 1. The maximum atomic E-state index is 12.1. The molecule has 6 nitrogen and oxygen atoms in total. The molecule has 0 saturated carbocycles. The van der Waals surface area contributed by atoms with E-state index in [2.05, 4.69) is 10.3 Å². The van der Waals surface area contributed by atoms with Gasteiger partial charge < -0.3 is 10.1 Å². The van der Waals surface area contributed by atoms with E-state index in [-0.39, 0.29) is 0 Å². The Labute approximate surface area is 159 Å². The summed E-state index contributed by atoms with van der Waals surface area (Å²) in [5.74, 6) is -1.09. The molecule has 0 unspecified atom stereocenters. The largest absolute Gasteiger partial charge is 0.449 e. The minimum atomic E-state index is -0.965. The van der Waals surface area contributed by atoms with Gasteiger partial charge in [-0.1, -0.05) is 12.1 Å². The Morgan fingerprint density at radius 2 is 1.96 bits per heavy atom. The second-order valence-electron chi connectivity index (χ2n) is 5.61. The van der Waals surface area contributed by atoms with Gasteiger partial charge >= 0.3 is 5.97 Å². The highest BCUT2D eigenvalue weighted by molar-refractivity contribution is 7.19. The molecule has 0 aliphatic heterocycles. The lowest BCUT2D eigenvalue weighted by molar-refractivity contribution is -0.148. The summed E-state index contributed by atoms with van der Waals surface area (Å²) in [5, 5.41) is 12.1. The smallest absolute Gasteiger partial charge is 0.331 e. The topological polar surface area (TPSA) is 92.1 Å². The van der Waals surface area contributed by atoms with E-state index in [0.29, 0.717) is 16.3 Å². The third kappa shape index (κ3) is 4.77. The zero-order valence-electron chi connectivity index (χ0n) is 14.4. The molecule has 134 valence electrons. The Morgan fingerprint density at radius 3 is 2.67 bits per heavy atom. The minimum absolute atomic E-state index is 0.457. The molecule has 2 aromatic carbocycles. The summed E-state index contributed by atoms with van der Waals surface area (Å²) < 4.78 is 6.14. The number of para-hydroxylation sites is 1. The number of carbonyl (C=O) groups is 2. The van der Waals surface area contributed by atoms with Crippen LogP contribution in [-0.2, 0) is 14.3 Å². The third-order valence-corrected chi connectivity index (χ3v) is 4.62. The van der Waals surface area contributed by atoms with Crippen LogP contribution in [0.4, 0.5) is 5.69 Å². The molecule has 0 aliphatic rings. The molecule has 1 heterocycles. The number of esters is 1. The van der Waals surface area contributed by atoms with Crippen molar-refractivity contribution in [3.63, 3.8) is 0 Å². The second kappa shape index (κ2) is 8.25. The lowest BCUT2D eigenvalue weighted by Gasteiger charge is -2.12. The molecule has 0 saturated heterocycles. The van der Waals surface area contributed by atoms with Gasteiger partial charge in [0.05, 0.1) is 21.8 Å². The molecule has 3 rings (SSSR count). The number of nitriles is 1. The van der Waals surface area contributed by atoms with Gasteiger partial charge in [-0.25, -0.2) is 9.78 Å². The number of nitrogens with zero attached hydrogens (tertiary/aromatic N) is 2. The molecule has 1 atom stereocenters. The van der Waals surface area contributed by atoms with Crippen LogP contribution in [0.5, 0.6) is 0 Å². The van der Waals surface area contributed by atoms with Crippen LogP contribution in [0, 0.1) is 11.3 Å². The summed E-state index contributed by atoms with van der Waals surface area (Å²) >= 11 is 1.46. The molecule has 3 aromatic rings. The van der Waals surface area contributed by atoms with Crippen LogP contribution >= 0.6 is 11.3 Å². The van der Waals surface area contributed by atoms with Gasteiger partial charge in [0.2, 0.25) is 0 Å². The molecule has 27 heavy (non-hydrogen) atoms. The number of thiazole rings is 1. The summed E-state index contributed by atoms with van der Waals surface area (Å²) in [7, 11) is 0. The molecular formula is C20H15N3O3S. The molecule has 0 radical (unpaired) electrons. The van der Waals surface area contributed by atoms with Gasteiger partial charge in [0.25, 0.3) is 5.91 Å². The minimum Gasteiger partial charge on any atom is -0.449 e. The Balaban J connectivity index is 1.55. The zero-order valence-corrected chi connectivity index (χ0v) is 15.2. The summed E-state index contributed by atoms with van der Waals surface area (Å²) in [6, 6.07) is 16.1. The van der Waals surface area contributed by atoms with Gasteiger partial charge in [-0.15, -0.1) is 11.3 Å². The number of carbonyl (C=O) groups excluding carboxylic acids is 2. The first kappa shape index (κ1) is 18.3. The highest BCUT2D eigenvalue weighted by Gasteiger charge is 2.16. The molecule has 0 bridgehead atoms. The van der Waals surface area contributed by atoms with Crippen LogP contribution in [-0.4, -0.2) is 23.0 Å². The number of benzene rings is 2. The number of rotatable bonds is 5. The Morgan fingerprint density at radius 1 is 1.22 bits per heavy atom. The number of hydrogen-bond donors (Lipinski definition) is 1. The molecule has 1 N–H and O–H groups in total. The summed E-state index contributed by atoms with van der Waals surface area (Å²) in [6.07, 6.45) is 1.86. The van der Waals surface area contributed by atoms with E-state index in [0.717, 1.165) is 10.2 Å². The quantitative estimate of drug-likeness (QED) is 0.540.